The SMILES string of the molecule is CCOC(=O)CCNC(=O)N1CCc2cc(OC)ccc2C1C(=O)Cc1cc(F)c([Si](C)(C)C)c(F)c1. The molecule has 1 atom stereocenters. The van der Waals surface area contributed by atoms with Crippen molar-refractivity contribution in [1.82, 2.24) is 10.2 Å². The standard InChI is InChI=1S/C27H34F2N2O5Si/c1-6-36-24(33)9-11-30-27(34)31-12-10-18-16-19(35-2)7-8-20(18)25(31)23(32)15-17-13-21(28)26(22(29)14-17)37(3,4)5/h7-8,13-14,16,25H,6,9-12,15H2,1-5H3,(H,30,34). The summed E-state index contributed by atoms with van der Waals surface area (Å²) in [6, 6.07) is 6.25. The number of fused-ring (bicyclic) bond motifs is 1. The Kier molecular flexibility index (Phi) is 9.06. The van der Waals surface area contributed by atoms with Gasteiger partial charge < -0.3 is 19.7 Å². The van der Waals surface area contributed by atoms with Crippen molar-refractivity contribution in [2.24, 2.45) is 0 Å². The third kappa shape index (κ3) is 6.74. The maximum absolute atomic E-state index is 14.8. The fraction of sp³-hybridized carbons (Fsp3) is 0.444. The Morgan fingerprint density at radius 2 is 1.78 bits per heavy atom. The van der Waals surface area contributed by atoms with E-state index in [4.69, 9.17) is 9.47 Å². The molecule has 0 fully saturated rings. The number of benzene rings is 2. The van der Waals surface area contributed by atoms with Crippen molar-refractivity contribution < 1.29 is 32.6 Å². The van der Waals surface area contributed by atoms with Crippen LogP contribution in [0.5, 0.6) is 5.75 Å². The molecule has 10 heteroatoms. The zero-order valence-corrected chi connectivity index (χ0v) is 23.0. The van der Waals surface area contributed by atoms with Crippen LogP contribution in [0.2, 0.25) is 19.6 Å². The lowest BCUT2D eigenvalue weighted by molar-refractivity contribution is -0.142. The number of esters is 1. The van der Waals surface area contributed by atoms with Crippen molar-refractivity contribution >= 4 is 31.0 Å². The number of rotatable bonds is 9. The maximum atomic E-state index is 14.8. The van der Waals surface area contributed by atoms with Crippen LogP contribution in [0.3, 0.4) is 0 Å². The molecule has 0 bridgehead atoms. The molecule has 0 spiro atoms. The summed E-state index contributed by atoms with van der Waals surface area (Å²) < 4.78 is 39.9. The monoisotopic (exact) mass is 532 g/mol. The summed E-state index contributed by atoms with van der Waals surface area (Å²) in [6.45, 7) is 7.80. The van der Waals surface area contributed by atoms with Crippen LogP contribution in [0.25, 0.3) is 0 Å². The molecule has 7 nitrogen and oxygen atoms in total. The van der Waals surface area contributed by atoms with Crippen LogP contribution < -0.4 is 15.2 Å². The number of hydrogen-bond acceptors (Lipinski definition) is 5. The molecule has 200 valence electrons. The molecule has 2 aromatic rings. The average Bonchev–Trinajstić information content (AvgIpc) is 2.81. The smallest absolute Gasteiger partial charge is 0.318 e. The van der Waals surface area contributed by atoms with E-state index < -0.39 is 37.8 Å². The topological polar surface area (TPSA) is 84.9 Å². The molecule has 0 aliphatic carbocycles. The van der Waals surface area contributed by atoms with Gasteiger partial charge in [-0.15, -0.1) is 0 Å². The molecule has 37 heavy (non-hydrogen) atoms. The molecule has 2 amide bonds. The zero-order valence-electron chi connectivity index (χ0n) is 22.0. The number of nitrogens with zero attached hydrogens (tertiary/aromatic N) is 1. The first kappa shape index (κ1) is 28.3. The van der Waals surface area contributed by atoms with Gasteiger partial charge in [0.25, 0.3) is 0 Å². The van der Waals surface area contributed by atoms with Gasteiger partial charge in [0.1, 0.15) is 23.4 Å². The van der Waals surface area contributed by atoms with E-state index in [1.54, 1.807) is 26.2 Å². The quantitative estimate of drug-likeness (QED) is 0.391. The van der Waals surface area contributed by atoms with E-state index in [1.165, 1.54) is 17.0 Å². The fourth-order valence-corrected chi connectivity index (χ4v) is 6.22. The number of hydrogen-bond donors (Lipinski definition) is 1. The minimum Gasteiger partial charge on any atom is -0.497 e. The van der Waals surface area contributed by atoms with Gasteiger partial charge >= 0.3 is 12.0 Å². The average molecular weight is 533 g/mol. The van der Waals surface area contributed by atoms with Crippen LogP contribution in [-0.4, -0.2) is 57.6 Å². The second-order valence-electron chi connectivity index (χ2n) is 10.0. The predicted molar refractivity (Wildman–Crippen MR) is 139 cm³/mol. The third-order valence-corrected chi connectivity index (χ3v) is 8.26. The number of methoxy groups -OCH3 is 1. The van der Waals surface area contributed by atoms with Gasteiger partial charge in [0, 0.05) is 24.7 Å². The molecular weight excluding hydrogens is 498 g/mol. The number of nitrogens with one attached hydrogen (secondary N) is 1. The molecule has 0 radical (unpaired) electrons. The van der Waals surface area contributed by atoms with E-state index in [2.05, 4.69) is 5.32 Å². The zero-order chi connectivity index (χ0) is 27.3. The van der Waals surface area contributed by atoms with Crippen molar-refractivity contribution in [3.63, 3.8) is 0 Å². The molecule has 1 aliphatic heterocycles. The van der Waals surface area contributed by atoms with Gasteiger partial charge in [-0.1, -0.05) is 25.7 Å². The minimum atomic E-state index is -2.27. The van der Waals surface area contributed by atoms with Gasteiger partial charge in [0.05, 0.1) is 28.2 Å². The van der Waals surface area contributed by atoms with E-state index >= 15 is 0 Å². The normalized spacial score (nSPS) is 15.1. The molecule has 0 aromatic heterocycles. The van der Waals surface area contributed by atoms with Crippen LogP contribution in [0, 0.1) is 11.6 Å². The number of halogens is 2. The lowest BCUT2D eigenvalue weighted by Gasteiger charge is -2.36. The van der Waals surface area contributed by atoms with Gasteiger partial charge in [-0.3, -0.25) is 9.59 Å². The van der Waals surface area contributed by atoms with Gasteiger partial charge in [-0.2, -0.15) is 0 Å². The van der Waals surface area contributed by atoms with Crippen LogP contribution >= 0.6 is 0 Å². The van der Waals surface area contributed by atoms with Crippen molar-refractivity contribution in [3.05, 3.63) is 58.7 Å². The Morgan fingerprint density at radius 3 is 2.38 bits per heavy atom. The molecule has 1 N–H and O–H groups in total. The highest BCUT2D eigenvalue weighted by molar-refractivity contribution is 6.88. The second-order valence-corrected chi connectivity index (χ2v) is 15.0. The molecule has 1 aliphatic rings. The van der Waals surface area contributed by atoms with Crippen molar-refractivity contribution in [2.75, 3.05) is 26.8 Å². The Labute approximate surface area is 217 Å². The predicted octanol–water partition coefficient (Wildman–Crippen LogP) is 3.89. The van der Waals surface area contributed by atoms with Crippen molar-refractivity contribution in [1.29, 1.82) is 0 Å². The fourth-order valence-electron chi connectivity index (χ4n) is 4.64. The number of carbonyl (C=O) groups excluding carboxylic acids is 3. The highest BCUT2D eigenvalue weighted by Crippen LogP contribution is 2.34. The minimum absolute atomic E-state index is 0.00180. The van der Waals surface area contributed by atoms with Crippen molar-refractivity contribution in [3.8, 4) is 5.75 Å². The molecule has 1 heterocycles. The number of urea groups is 1. The molecule has 0 saturated carbocycles. The largest absolute Gasteiger partial charge is 0.497 e. The van der Waals surface area contributed by atoms with E-state index in [0.717, 1.165) is 5.56 Å². The lowest BCUT2D eigenvalue weighted by Crippen LogP contribution is -2.49. The summed E-state index contributed by atoms with van der Waals surface area (Å²) in [7, 11) is -0.722. The summed E-state index contributed by atoms with van der Waals surface area (Å²) in [5, 5.41) is 2.78. The number of ether oxygens (including phenoxy) is 2. The Hall–Kier alpha value is -3.27. The van der Waals surface area contributed by atoms with Gasteiger partial charge in [-0.05, 0) is 54.3 Å². The number of carbonyl (C=O) groups is 3. The summed E-state index contributed by atoms with van der Waals surface area (Å²) in [5.74, 6) is -1.47. The Bertz CT molecular complexity index is 1160. The number of ketones is 1. The highest BCUT2D eigenvalue weighted by Gasteiger charge is 2.36. The maximum Gasteiger partial charge on any atom is 0.318 e. The van der Waals surface area contributed by atoms with Gasteiger partial charge in [-0.25, -0.2) is 13.6 Å². The summed E-state index contributed by atoms with van der Waals surface area (Å²) >= 11 is 0. The first-order valence-electron chi connectivity index (χ1n) is 12.3. The van der Waals surface area contributed by atoms with Crippen LogP contribution in [0.4, 0.5) is 13.6 Å². The summed E-state index contributed by atoms with van der Waals surface area (Å²) in [4.78, 5) is 39.7. The van der Waals surface area contributed by atoms with Gasteiger partial charge in [0.15, 0.2) is 5.78 Å². The van der Waals surface area contributed by atoms with Gasteiger partial charge in [0.2, 0.25) is 0 Å². The third-order valence-electron chi connectivity index (χ3n) is 6.29. The van der Waals surface area contributed by atoms with E-state index in [1.807, 2.05) is 25.7 Å². The van der Waals surface area contributed by atoms with Crippen LogP contribution in [-0.2, 0) is 27.2 Å². The van der Waals surface area contributed by atoms with Crippen molar-refractivity contribution in [2.45, 2.75) is 51.9 Å². The Morgan fingerprint density at radius 1 is 1.11 bits per heavy atom. The Balaban J connectivity index is 1.88. The number of Topliss-reactive ketones (excluding diaryl/α,β-unsaturated/α-hetero) is 1. The molecule has 3 rings (SSSR count). The highest BCUT2D eigenvalue weighted by atomic mass is 28.3. The van der Waals surface area contributed by atoms with E-state index in [0.29, 0.717) is 17.7 Å². The van der Waals surface area contributed by atoms with E-state index in [-0.39, 0.29) is 49.1 Å². The van der Waals surface area contributed by atoms with Crippen LogP contribution in [0.15, 0.2) is 30.3 Å². The van der Waals surface area contributed by atoms with E-state index in [9.17, 15) is 23.2 Å². The molecule has 0 saturated heterocycles. The first-order valence-corrected chi connectivity index (χ1v) is 15.8. The first-order chi connectivity index (χ1) is 17.5. The van der Waals surface area contributed by atoms with Crippen LogP contribution in [0.1, 0.15) is 36.1 Å². The molecule has 1 unspecified atom stereocenters. The second kappa shape index (κ2) is 11.8. The number of amides is 2. The summed E-state index contributed by atoms with van der Waals surface area (Å²) in [6.07, 6.45) is 0.250. The lowest BCUT2D eigenvalue weighted by atomic mass is 9.88. The summed E-state index contributed by atoms with van der Waals surface area (Å²) in [5.41, 5.74) is 1.71. The molecule has 2 aromatic carbocycles. The molecular formula is C27H34F2N2O5Si.